The van der Waals surface area contributed by atoms with Gasteiger partial charge in [-0.05, 0) is 12.1 Å². The van der Waals surface area contributed by atoms with Gasteiger partial charge in [0.2, 0.25) is 0 Å². The van der Waals surface area contributed by atoms with Crippen LogP contribution in [0.15, 0.2) is 18.3 Å². The zero-order valence-electron chi connectivity index (χ0n) is 10.1. The lowest BCUT2D eigenvalue weighted by molar-refractivity contribution is -0.00270. The van der Waals surface area contributed by atoms with Crippen molar-refractivity contribution in [1.29, 1.82) is 0 Å². The Bertz CT molecular complexity index is 413. The molecule has 1 rings (SSSR count). The molecule has 0 spiro atoms. The molecule has 1 aromatic heterocycles. The lowest BCUT2D eigenvalue weighted by atomic mass is 10.2. The molecular weight excluding hydrogens is 244 g/mol. The molecule has 1 aromatic rings. The quantitative estimate of drug-likeness (QED) is 0.808. The number of rotatable bonds is 5. The molecule has 5 nitrogen and oxygen atoms in total. The summed E-state index contributed by atoms with van der Waals surface area (Å²) in [4.78, 5) is 17.4. The minimum atomic E-state index is -2.87. The summed E-state index contributed by atoms with van der Waals surface area (Å²) in [6.07, 6.45) is -3.28. The van der Waals surface area contributed by atoms with Crippen LogP contribution in [0, 0.1) is 0 Å². The number of pyridine rings is 1. The highest BCUT2D eigenvalue weighted by molar-refractivity contribution is 5.94. The smallest absolute Gasteiger partial charge is 0.265 e. The van der Waals surface area contributed by atoms with Gasteiger partial charge in [-0.1, -0.05) is 0 Å². The largest absolute Gasteiger partial charge is 0.385 e. The van der Waals surface area contributed by atoms with Crippen LogP contribution in [-0.2, 0) is 0 Å². The Balaban J connectivity index is 2.64. The molecule has 100 valence electrons. The second-order valence-corrected chi connectivity index (χ2v) is 3.91. The fourth-order valence-electron chi connectivity index (χ4n) is 1.19. The van der Waals surface area contributed by atoms with Crippen molar-refractivity contribution in [2.75, 3.05) is 25.5 Å². The number of aliphatic hydroxyl groups excluding tert-OH is 1. The van der Waals surface area contributed by atoms with Gasteiger partial charge in [0.25, 0.3) is 12.3 Å². The predicted molar refractivity (Wildman–Crippen MR) is 62.9 cm³/mol. The van der Waals surface area contributed by atoms with Gasteiger partial charge in [0.15, 0.2) is 0 Å². The molecule has 1 unspecified atom stereocenters. The molecule has 0 aliphatic carbocycles. The van der Waals surface area contributed by atoms with Crippen LogP contribution in [-0.4, -0.2) is 49.2 Å². The van der Waals surface area contributed by atoms with Gasteiger partial charge in [-0.25, -0.2) is 13.8 Å². The van der Waals surface area contributed by atoms with Crippen molar-refractivity contribution in [2.24, 2.45) is 0 Å². The Morgan fingerprint density at radius 3 is 2.78 bits per heavy atom. The number of carbonyl (C=O) groups excluding carboxylic acids is 1. The maximum atomic E-state index is 12.0. The van der Waals surface area contributed by atoms with E-state index in [2.05, 4.69) is 10.3 Å². The number of aliphatic hydroxyl groups is 1. The Morgan fingerprint density at radius 2 is 2.22 bits per heavy atom. The number of anilines is 1. The third kappa shape index (κ3) is 3.92. The number of alkyl halides is 2. The van der Waals surface area contributed by atoms with Crippen molar-refractivity contribution in [3.63, 3.8) is 0 Å². The first-order chi connectivity index (χ1) is 8.41. The fourth-order valence-corrected chi connectivity index (χ4v) is 1.19. The van der Waals surface area contributed by atoms with Gasteiger partial charge in [0, 0.05) is 32.4 Å². The maximum absolute atomic E-state index is 12.0. The van der Waals surface area contributed by atoms with Gasteiger partial charge >= 0.3 is 0 Å². The highest BCUT2D eigenvalue weighted by atomic mass is 19.3. The number of hydrogen-bond acceptors (Lipinski definition) is 4. The van der Waals surface area contributed by atoms with E-state index >= 15 is 0 Å². The molecule has 0 aromatic carbocycles. The number of halogens is 2. The lowest BCUT2D eigenvalue weighted by Gasteiger charge is -2.13. The minimum Gasteiger partial charge on any atom is -0.385 e. The van der Waals surface area contributed by atoms with Gasteiger partial charge in [-0.15, -0.1) is 0 Å². The molecule has 0 radical (unpaired) electrons. The number of nitrogens with zero attached hydrogens (tertiary/aromatic N) is 2. The molecule has 1 heterocycles. The second-order valence-electron chi connectivity index (χ2n) is 3.91. The highest BCUT2D eigenvalue weighted by Gasteiger charge is 2.18. The van der Waals surface area contributed by atoms with Crippen LogP contribution in [0.25, 0.3) is 0 Å². The first-order valence-electron chi connectivity index (χ1n) is 5.29. The average Bonchev–Trinajstić information content (AvgIpc) is 2.35. The van der Waals surface area contributed by atoms with E-state index in [-0.39, 0.29) is 0 Å². The van der Waals surface area contributed by atoms with Crippen molar-refractivity contribution in [2.45, 2.75) is 12.5 Å². The van der Waals surface area contributed by atoms with Gasteiger partial charge in [0.05, 0.1) is 0 Å². The summed E-state index contributed by atoms with van der Waals surface area (Å²) < 4.78 is 24.1. The number of carbonyl (C=O) groups is 1. The minimum absolute atomic E-state index is 0.301. The molecule has 0 saturated carbocycles. The number of amides is 1. The predicted octanol–water partition coefficient (Wildman–Crippen LogP) is 0.503. The monoisotopic (exact) mass is 259 g/mol. The first-order valence-corrected chi connectivity index (χ1v) is 5.29. The molecule has 0 aliphatic rings. The summed E-state index contributed by atoms with van der Waals surface area (Å²) in [7, 11) is 3.54. The van der Waals surface area contributed by atoms with E-state index in [0.29, 0.717) is 11.4 Å². The van der Waals surface area contributed by atoms with Crippen LogP contribution in [0.3, 0.4) is 0 Å². The topological polar surface area (TPSA) is 65.5 Å². The summed E-state index contributed by atoms with van der Waals surface area (Å²) in [5, 5.41) is 11.1. The summed E-state index contributed by atoms with van der Waals surface area (Å²) in [6.45, 7) is -0.490. The second kappa shape index (κ2) is 6.25. The first kappa shape index (κ1) is 14.3. The normalized spacial score (nSPS) is 12.3. The highest BCUT2D eigenvalue weighted by Crippen LogP contribution is 2.09. The summed E-state index contributed by atoms with van der Waals surface area (Å²) in [5.74, 6) is 0.0530. The standard InChI is InChI=1S/C11H15F2N3O2/c1-16(2)9-5-7(3-4-14-9)11(18)15-6-8(17)10(12)13/h3-5,8,10,17H,6H2,1-2H3,(H,15,18). The van der Waals surface area contributed by atoms with Crippen molar-refractivity contribution in [3.8, 4) is 0 Å². The van der Waals surface area contributed by atoms with E-state index < -0.39 is 25.0 Å². The molecule has 0 bridgehead atoms. The van der Waals surface area contributed by atoms with Gasteiger partial charge in [-0.2, -0.15) is 0 Å². The number of aromatic nitrogens is 1. The molecule has 0 fully saturated rings. The van der Waals surface area contributed by atoms with E-state index in [4.69, 9.17) is 5.11 Å². The Labute approximate surface area is 103 Å². The Hall–Kier alpha value is -1.76. The van der Waals surface area contributed by atoms with Gasteiger partial charge in [-0.3, -0.25) is 4.79 Å². The van der Waals surface area contributed by atoms with Crippen molar-refractivity contribution in [3.05, 3.63) is 23.9 Å². The van der Waals surface area contributed by atoms with Crippen molar-refractivity contribution in [1.82, 2.24) is 10.3 Å². The average molecular weight is 259 g/mol. The van der Waals surface area contributed by atoms with E-state index in [1.807, 2.05) is 0 Å². The fraction of sp³-hybridized carbons (Fsp3) is 0.455. The van der Waals surface area contributed by atoms with E-state index in [1.165, 1.54) is 18.3 Å². The number of hydrogen-bond donors (Lipinski definition) is 2. The van der Waals surface area contributed by atoms with Crippen molar-refractivity contribution >= 4 is 11.7 Å². The summed E-state index contributed by atoms with van der Waals surface area (Å²) in [6, 6.07) is 3.00. The van der Waals surface area contributed by atoms with Crippen LogP contribution < -0.4 is 10.2 Å². The van der Waals surface area contributed by atoms with Gasteiger partial charge in [0.1, 0.15) is 11.9 Å². The molecule has 0 aliphatic heterocycles. The molecule has 0 saturated heterocycles. The number of nitrogens with one attached hydrogen (secondary N) is 1. The SMILES string of the molecule is CN(C)c1cc(C(=O)NCC(O)C(F)F)ccn1. The third-order valence-corrected chi connectivity index (χ3v) is 2.23. The van der Waals surface area contributed by atoms with Crippen LogP contribution in [0.4, 0.5) is 14.6 Å². The van der Waals surface area contributed by atoms with E-state index in [9.17, 15) is 13.6 Å². The molecule has 1 amide bonds. The van der Waals surface area contributed by atoms with Crippen LogP contribution >= 0.6 is 0 Å². The molecule has 18 heavy (non-hydrogen) atoms. The van der Waals surface area contributed by atoms with E-state index in [1.54, 1.807) is 19.0 Å². The Kier molecular flexibility index (Phi) is 4.96. The van der Waals surface area contributed by atoms with Crippen molar-refractivity contribution < 1.29 is 18.7 Å². The molecular formula is C11H15F2N3O2. The molecule has 1 atom stereocenters. The zero-order valence-corrected chi connectivity index (χ0v) is 10.1. The van der Waals surface area contributed by atoms with Crippen LogP contribution in [0.5, 0.6) is 0 Å². The Morgan fingerprint density at radius 1 is 1.56 bits per heavy atom. The van der Waals surface area contributed by atoms with Crippen LogP contribution in [0.2, 0.25) is 0 Å². The summed E-state index contributed by atoms with van der Waals surface area (Å²) in [5.41, 5.74) is 0.301. The van der Waals surface area contributed by atoms with Crippen LogP contribution in [0.1, 0.15) is 10.4 Å². The van der Waals surface area contributed by atoms with E-state index in [0.717, 1.165) is 0 Å². The zero-order chi connectivity index (χ0) is 13.7. The maximum Gasteiger partial charge on any atom is 0.265 e. The third-order valence-electron chi connectivity index (χ3n) is 2.23. The molecule has 7 heteroatoms. The molecule has 2 N–H and O–H groups in total. The lowest BCUT2D eigenvalue weighted by Crippen LogP contribution is -2.35. The van der Waals surface area contributed by atoms with Gasteiger partial charge < -0.3 is 15.3 Å². The summed E-state index contributed by atoms with van der Waals surface area (Å²) >= 11 is 0.